The van der Waals surface area contributed by atoms with Crippen LogP contribution in [-0.2, 0) is 0 Å². The predicted octanol–water partition coefficient (Wildman–Crippen LogP) is 5.74. The van der Waals surface area contributed by atoms with E-state index in [1.165, 1.54) is 0 Å². The van der Waals surface area contributed by atoms with Crippen LogP contribution in [0.15, 0.2) is 18.5 Å². The number of aromatic nitrogens is 5. The Hall–Kier alpha value is -3.22. The van der Waals surface area contributed by atoms with Crippen molar-refractivity contribution < 1.29 is 23.0 Å². The van der Waals surface area contributed by atoms with Gasteiger partial charge in [-0.05, 0) is 69.0 Å². The van der Waals surface area contributed by atoms with E-state index in [9.17, 15) is 13.9 Å². The zero-order valence-corrected chi connectivity index (χ0v) is 25.8. The first-order valence-corrected chi connectivity index (χ1v) is 16.1. The fraction of sp³-hybridized carbons (Fsp3) is 0.562. The molecule has 0 amide bonds. The van der Waals surface area contributed by atoms with Crippen LogP contribution in [0.5, 0.6) is 6.01 Å². The number of hydrogen-bond donors (Lipinski definition) is 2. The number of aliphatic hydroxyl groups is 1. The van der Waals surface area contributed by atoms with Crippen LogP contribution < -0.4 is 9.64 Å². The summed E-state index contributed by atoms with van der Waals surface area (Å²) >= 11 is 6.75. The lowest BCUT2D eigenvalue weighted by atomic mass is 9.94. The molecule has 1 aromatic carbocycles. The number of hydrogen-bond acceptors (Lipinski definition) is 8. The van der Waals surface area contributed by atoms with E-state index in [1.807, 2.05) is 4.90 Å². The number of β-amino-alcohol motifs (C(OH)–C–C–N with tert-alkyl or cyclic N) is 1. The smallest absolute Gasteiger partial charge is 0.319 e. The van der Waals surface area contributed by atoms with E-state index in [1.54, 1.807) is 25.4 Å². The van der Waals surface area contributed by atoms with Crippen molar-refractivity contribution in [3.05, 3.63) is 34.9 Å². The Morgan fingerprint density at radius 3 is 2.82 bits per heavy atom. The first-order valence-electron chi connectivity index (χ1n) is 15.7. The number of ether oxygens (including phenoxy) is 1. The van der Waals surface area contributed by atoms with Gasteiger partial charge < -0.3 is 14.7 Å². The summed E-state index contributed by atoms with van der Waals surface area (Å²) in [5.41, 5.74) is 0.397. The van der Waals surface area contributed by atoms with Crippen LogP contribution in [0, 0.1) is 11.7 Å². The second-order valence-electron chi connectivity index (χ2n) is 13.6. The van der Waals surface area contributed by atoms with Gasteiger partial charge in [0.2, 0.25) is 0 Å². The quantitative estimate of drug-likeness (QED) is 0.263. The number of alkyl halides is 2. The van der Waals surface area contributed by atoms with Crippen molar-refractivity contribution in [2.45, 2.75) is 68.7 Å². The summed E-state index contributed by atoms with van der Waals surface area (Å²) in [5.74, 6) is -0.617. The van der Waals surface area contributed by atoms with Gasteiger partial charge in [0, 0.05) is 48.2 Å². The highest BCUT2D eigenvalue weighted by atomic mass is 35.5. The number of nitrogens with zero attached hydrogens (tertiary/aromatic N) is 6. The number of pyridine rings is 1. The van der Waals surface area contributed by atoms with Gasteiger partial charge in [-0.25, -0.2) is 8.78 Å². The Kier molecular flexibility index (Phi) is 6.92. The number of halogens is 4. The molecule has 4 fully saturated rings. The lowest BCUT2D eigenvalue weighted by molar-refractivity contribution is 0.0447. The normalized spacial score (nSPS) is 30.0. The van der Waals surface area contributed by atoms with E-state index in [0.717, 1.165) is 25.8 Å². The maximum Gasteiger partial charge on any atom is 0.319 e. The van der Waals surface area contributed by atoms with Crippen molar-refractivity contribution in [2.75, 3.05) is 44.4 Å². The number of benzene rings is 1. The molecule has 3 saturated heterocycles. The van der Waals surface area contributed by atoms with Gasteiger partial charge in [-0.1, -0.05) is 11.6 Å². The van der Waals surface area contributed by atoms with Gasteiger partial charge in [0.15, 0.2) is 5.82 Å². The van der Waals surface area contributed by atoms with Gasteiger partial charge >= 0.3 is 6.01 Å². The van der Waals surface area contributed by atoms with Crippen LogP contribution in [0.4, 0.5) is 19.0 Å². The van der Waals surface area contributed by atoms with Gasteiger partial charge in [-0.3, -0.25) is 19.4 Å². The highest BCUT2D eigenvalue weighted by Gasteiger charge is 2.49. The number of nitrogens with one attached hydrogen (secondary N) is 1. The van der Waals surface area contributed by atoms with Gasteiger partial charge in [0.1, 0.15) is 29.8 Å². The molecule has 1 saturated carbocycles. The Bertz CT molecular complexity index is 1800. The van der Waals surface area contributed by atoms with Gasteiger partial charge in [-0.15, -0.1) is 0 Å². The summed E-state index contributed by atoms with van der Waals surface area (Å²) in [5, 5.41) is 19.4. The van der Waals surface area contributed by atoms with Crippen molar-refractivity contribution in [1.82, 2.24) is 30.0 Å². The van der Waals surface area contributed by atoms with Crippen molar-refractivity contribution >= 4 is 39.2 Å². The molecular formula is C32H35ClF3N7O2. The molecule has 238 valence electrons. The summed E-state index contributed by atoms with van der Waals surface area (Å²) in [7, 11) is 0. The zero-order valence-electron chi connectivity index (χ0n) is 25.0. The van der Waals surface area contributed by atoms with Crippen LogP contribution >= 0.6 is 11.6 Å². The lowest BCUT2D eigenvalue weighted by Crippen LogP contribution is -2.46. The average molecular weight is 642 g/mol. The van der Waals surface area contributed by atoms with Gasteiger partial charge in [0.25, 0.3) is 0 Å². The standard InChI is InChI=1S/C32H35ClF3N7O2/c1-31(44)4-2-6-42(15-31)29-21-12-37-28(25-20-13-38-41-23(20)9-22(33)24(25)19-8-17(19)11-34)26(36)27(21)39-30(40-29)45-16-32-5-3-7-43(32)14-18(35)10-32/h9,12-13,17-19,44H,2-8,10-11,14-16H2,1H3,(H,38,41)/t17-,18+,19-,31+,32-/m0/s1. The average Bonchev–Trinajstić information content (AvgIpc) is 3.26. The predicted molar refractivity (Wildman–Crippen MR) is 165 cm³/mol. The molecule has 3 aliphatic heterocycles. The van der Waals surface area contributed by atoms with Crippen molar-refractivity contribution in [3.63, 3.8) is 0 Å². The number of aromatic amines is 1. The summed E-state index contributed by atoms with van der Waals surface area (Å²) in [6, 6.07) is 1.72. The fourth-order valence-corrected chi connectivity index (χ4v) is 8.36. The van der Waals surface area contributed by atoms with E-state index in [4.69, 9.17) is 21.3 Å². The molecule has 0 radical (unpaired) electrons. The zero-order chi connectivity index (χ0) is 31.1. The van der Waals surface area contributed by atoms with E-state index in [-0.39, 0.29) is 35.7 Å². The van der Waals surface area contributed by atoms with Crippen molar-refractivity contribution in [2.24, 2.45) is 5.92 Å². The minimum atomic E-state index is -0.953. The second kappa shape index (κ2) is 10.7. The van der Waals surface area contributed by atoms with Crippen LogP contribution in [0.3, 0.4) is 0 Å². The Morgan fingerprint density at radius 2 is 2.02 bits per heavy atom. The monoisotopic (exact) mass is 641 g/mol. The minimum Gasteiger partial charge on any atom is -0.461 e. The number of rotatable bonds is 7. The molecule has 3 aromatic heterocycles. The summed E-state index contributed by atoms with van der Waals surface area (Å²) in [4.78, 5) is 18.0. The Balaban J connectivity index is 1.27. The van der Waals surface area contributed by atoms with Crippen LogP contribution in [0.1, 0.15) is 56.9 Å². The number of anilines is 1. The Morgan fingerprint density at radius 1 is 1.18 bits per heavy atom. The first kappa shape index (κ1) is 29.2. The third-order valence-electron chi connectivity index (χ3n) is 10.3. The maximum absolute atomic E-state index is 17.0. The number of fused-ring (bicyclic) bond motifs is 3. The van der Waals surface area contributed by atoms with Crippen LogP contribution in [0.2, 0.25) is 5.02 Å². The third kappa shape index (κ3) is 4.91. The van der Waals surface area contributed by atoms with E-state index >= 15 is 4.39 Å². The second-order valence-corrected chi connectivity index (χ2v) is 14.0. The molecule has 8 rings (SSSR count). The summed E-state index contributed by atoms with van der Waals surface area (Å²) < 4.78 is 51.4. The molecule has 2 N–H and O–H groups in total. The summed E-state index contributed by atoms with van der Waals surface area (Å²) in [6.45, 7) is 3.57. The third-order valence-corrected chi connectivity index (χ3v) is 10.6. The largest absolute Gasteiger partial charge is 0.461 e. The lowest BCUT2D eigenvalue weighted by Gasteiger charge is -2.38. The highest BCUT2D eigenvalue weighted by Crippen LogP contribution is 2.54. The van der Waals surface area contributed by atoms with E-state index < -0.39 is 29.8 Å². The maximum atomic E-state index is 17.0. The van der Waals surface area contributed by atoms with Gasteiger partial charge in [-0.2, -0.15) is 15.1 Å². The molecule has 0 bridgehead atoms. The molecule has 5 atom stereocenters. The molecular weight excluding hydrogens is 607 g/mol. The number of piperidine rings is 1. The summed E-state index contributed by atoms with van der Waals surface area (Å²) in [6.07, 6.45) is 6.35. The first-order chi connectivity index (χ1) is 21.7. The van der Waals surface area contributed by atoms with Crippen molar-refractivity contribution in [1.29, 1.82) is 0 Å². The van der Waals surface area contributed by atoms with Crippen LogP contribution in [0.25, 0.3) is 33.1 Å². The van der Waals surface area contributed by atoms with E-state index in [2.05, 4.69) is 25.1 Å². The minimum absolute atomic E-state index is 0.0123. The molecule has 9 nitrogen and oxygen atoms in total. The Labute approximate surface area is 263 Å². The molecule has 45 heavy (non-hydrogen) atoms. The highest BCUT2D eigenvalue weighted by molar-refractivity contribution is 6.33. The molecule has 0 spiro atoms. The molecule has 0 unspecified atom stereocenters. The topological polar surface area (TPSA) is 103 Å². The molecule has 1 aliphatic carbocycles. The van der Waals surface area contributed by atoms with E-state index in [0.29, 0.717) is 77.2 Å². The molecule has 4 aliphatic rings. The molecule has 4 aromatic rings. The van der Waals surface area contributed by atoms with Crippen LogP contribution in [-0.4, -0.2) is 91.9 Å². The van der Waals surface area contributed by atoms with Gasteiger partial charge in [0.05, 0.1) is 34.9 Å². The SMILES string of the molecule is C[C@@]1(O)CCCN(c2nc(OC[C@@]34CCCN3C[C@H](F)C4)nc3c(F)c(-c4c([C@H]5C[C@H]5CF)c(Cl)cc5[nH]ncc45)ncc23)C1. The molecule has 6 heterocycles. The fourth-order valence-electron chi connectivity index (χ4n) is 8.01. The van der Waals surface area contributed by atoms with Crippen molar-refractivity contribution in [3.8, 4) is 17.3 Å². The molecule has 13 heteroatoms. The number of H-pyrrole nitrogens is 1.